The van der Waals surface area contributed by atoms with E-state index in [0.717, 1.165) is 6.42 Å². The Bertz CT molecular complexity index is 860. The van der Waals surface area contributed by atoms with Gasteiger partial charge < -0.3 is 19.4 Å². The molecule has 1 aliphatic heterocycles. The maximum absolute atomic E-state index is 12.8. The number of anilines is 1. The Balaban J connectivity index is 2.04. The minimum Gasteiger partial charge on any atom is -0.496 e. The summed E-state index contributed by atoms with van der Waals surface area (Å²) in [6.45, 7) is 0.610. The van der Waals surface area contributed by atoms with Crippen molar-refractivity contribution in [2.24, 2.45) is 0 Å². The maximum atomic E-state index is 12.8. The van der Waals surface area contributed by atoms with E-state index in [1.54, 1.807) is 22.8 Å². The molecule has 1 aliphatic rings. The van der Waals surface area contributed by atoms with E-state index in [0.29, 0.717) is 40.7 Å². The molecule has 0 saturated heterocycles. The number of fused-ring (bicyclic) bond motifs is 1. The number of nitrogens with zero attached hydrogens (tertiary/aromatic N) is 1. The van der Waals surface area contributed by atoms with Crippen LogP contribution in [0.25, 0.3) is 0 Å². The van der Waals surface area contributed by atoms with Gasteiger partial charge >= 0.3 is 0 Å². The third-order valence-electron chi connectivity index (χ3n) is 4.03. The average Bonchev–Trinajstić information content (AvgIpc) is 3.04. The Morgan fingerprint density at radius 2 is 1.96 bits per heavy atom. The van der Waals surface area contributed by atoms with Crippen LogP contribution >= 0.6 is 11.6 Å². The summed E-state index contributed by atoms with van der Waals surface area (Å²) in [5, 5.41) is 3.28. The molecule has 0 bridgehead atoms. The van der Waals surface area contributed by atoms with E-state index in [4.69, 9.17) is 21.1 Å². The van der Waals surface area contributed by atoms with Gasteiger partial charge in [-0.2, -0.15) is 0 Å². The molecule has 1 aromatic carbocycles. The smallest absolute Gasteiger partial charge is 0.261 e. The lowest BCUT2D eigenvalue weighted by molar-refractivity contribution is 0.102. The molecular weight excluding hydrogens is 332 g/mol. The first-order chi connectivity index (χ1) is 11.5. The molecule has 7 heteroatoms. The number of aromatic nitrogens is 1. The summed E-state index contributed by atoms with van der Waals surface area (Å²) < 4.78 is 12.1. The van der Waals surface area contributed by atoms with E-state index in [9.17, 15) is 9.59 Å². The van der Waals surface area contributed by atoms with Gasteiger partial charge in [-0.3, -0.25) is 9.59 Å². The van der Waals surface area contributed by atoms with E-state index in [1.807, 2.05) is 0 Å². The first-order valence-electron chi connectivity index (χ1n) is 7.50. The van der Waals surface area contributed by atoms with Crippen molar-refractivity contribution in [2.45, 2.75) is 19.4 Å². The molecule has 1 aromatic heterocycles. The molecule has 0 aliphatic carbocycles. The Hall–Kier alpha value is -2.47. The number of carbonyl (C=O) groups is 1. The number of hydrogen-bond donors (Lipinski definition) is 1. The zero-order valence-corrected chi connectivity index (χ0v) is 14.1. The highest BCUT2D eigenvalue weighted by atomic mass is 35.5. The molecule has 0 radical (unpaired) electrons. The number of nitrogens with one attached hydrogen (secondary N) is 1. The molecule has 6 nitrogen and oxygen atoms in total. The van der Waals surface area contributed by atoms with Crippen molar-refractivity contribution in [3.05, 3.63) is 50.9 Å². The van der Waals surface area contributed by atoms with Crippen LogP contribution in [0.1, 0.15) is 22.5 Å². The van der Waals surface area contributed by atoms with Crippen LogP contribution in [0, 0.1) is 0 Å². The topological polar surface area (TPSA) is 69.6 Å². The van der Waals surface area contributed by atoms with Gasteiger partial charge in [-0.25, -0.2) is 0 Å². The molecule has 0 spiro atoms. The molecular formula is C17H17ClN2O4. The van der Waals surface area contributed by atoms with Gasteiger partial charge in [-0.15, -0.1) is 0 Å². The van der Waals surface area contributed by atoms with Crippen LogP contribution in [0.5, 0.6) is 11.5 Å². The van der Waals surface area contributed by atoms with Gasteiger partial charge in [0.15, 0.2) is 0 Å². The molecule has 0 saturated carbocycles. The molecule has 0 unspecified atom stereocenters. The number of ether oxygens (including phenoxy) is 2. The van der Waals surface area contributed by atoms with Crippen LogP contribution in [-0.2, 0) is 13.0 Å². The highest BCUT2D eigenvalue weighted by molar-refractivity contribution is 6.31. The fourth-order valence-corrected chi connectivity index (χ4v) is 3.12. The average molecular weight is 349 g/mol. The first-order valence-corrected chi connectivity index (χ1v) is 7.88. The van der Waals surface area contributed by atoms with E-state index in [1.165, 1.54) is 20.3 Å². The fraction of sp³-hybridized carbons (Fsp3) is 0.294. The summed E-state index contributed by atoms with van der Waals surface area (Å²) in [5.41, 5.74) is 1.37. The standard InChI is InChI=1S/C17H17ClN2O4/c1-23-13-6-5-10(18)8-11(13)19-17(22)16-12-4-3-7-20(12)15(21)9-14(16)24-2/h5-6,8-9H,3-4,7H2,1-2H3,(H,19,22). The van der Waals surface area contributed by atoms with Gasteiger partial charge in [0, 0.05) is 23.3 Å². The number of halogens is 1. The van der Waals surface area contributed by atoms with Crippen LogP contribution in [0.2, 0.25) is 5.02 Å². The third-order valence-corrected chi connectivity index (χ3v) is 4.27. The Kier molecular flexibility index (Phi) is 4.49. The minimum absolute atomic E-state index is 0.156. The number of carbonyl (C=O) groups excluding carboxylic acids is 1. The second kappa shape index (κ2) is 6.57. The van der Waals surface area contributed by atoms with Crippen molar-refractivity contribution < 1.29 is 14.3 Å². The van der Waals surface area contributed by atoms with Gasteiger partial charge in [-0.1, -0.05) is 11.6 Å². The monoisotopic (exact) mass is 348 g/mol. The predicted octanol–water partition coefficient (Wildman–Crippen LogP) is 2.72. The molecule has 2 aromatic rings. The van der Waals surface area contributed by atoms with Crippen molar-refractivity contribution in [3.63, 3.8) is 0 Å². The molecule has 3 rings (SSSR count). The molecule has 1 amide bonds. The highest BCUT2D eigenvalue weighted by Gasteiger charge is 2.25. The summed E-state index contributed by atoms with van der Waals surface area (Å²) in [6, 6.07) is 6.31. The van der Waals surface area contributed by atoms with Crippen LogP contribution in [0.15, 0.2) is 29.1 Å². The Morgan fingerprint density at radius 1 is 1.21 bits per heavy atom. The summed E-state index contributed by atoms with van der Waals surface area (Å²) in [5.74, 6) is 0.404. The normalized spacial score (nSPS) is 12.6. The number of rotatable bonds is 4. The van der Waals surface area contributed by atoms with Gasteiger partial charge in [0.05, 0.1) is 19.9 Å². The first kappa shape index (κ1) is 16.4. The van der Waals surface area contributed by atoms with E-state index in [2.05, 4.69) is 5.32 Å². The maximum Gasteiger partial charge on any atom is 0.261 e. The molecule has 0 fully saturated rings. The Labute approximate surface area is 144 Å². The fourth-order valence-electron chi connectivity index (χ4n) is 2.95. The summed E-state index contributed by atoms with van der Waals surface area (Å²) in [7, 11) is 2.96. The molecule has 24 heavy (non-hydrogen) atoms. The largest absolute Gasteiger partial charge is 0.496 e. The van der Waals surface area contributed by atoms with Crippen molar-refractivity contribution >= 4 is 23.2 Å². The number of hydrogen-bond acceptors (Lipinski definition) is 4. The lowest BCUT2D eigenvalue weighted by Crippen LogP contribution is -2.25. The number of benzene rings is 1. The summed E-state index contributed by atoms with van der Waals surface area (Å²) >= 11 is 6.00. The van der Waals surface area contributed by atoms with Crippen molar-refractivity contribution in [1.82, 2.24) is 4.57 Å². The van der Waals surface area contributed by atoms with Crippen molar-refractivity contribution in [2.75, 3.05) is 19.5 Å². The highest BCUT2D eigenvalue weighted by Crippen LogP contribution is 2.30. The number of methoxy groups -OCH3 is 2. The van der Waals surface area contributed by atoms with E-state index >= 15 is 0 Å². The lowest BCUT2D eigenvalue weighted by Gasteiger charge is -2.15. The number of pyridine rings is 1. The van der Waals surface area contributed by atoms with Gasteiger partial charge in [0.25, 0.3) is 11.5 Å². The van der Waals surface area contributed by atoms with Gasteiger partial charge in [0.1, 0.15) is 17.1 Å². The lowest BCUT2D eigenvalue weighted by atomic mass is 10.1. The minimum atomic E-state index is -0.363. The predicted molar refractivity (Wildman–Crippen MR) is 91.5 cm³/mol. The Morgan fingerprint density at radius 3 is 2.67 bits per heavy atom. The van der Waals surface area contributed by atoms with Crippen LogP contribution in [0.3, 0.4) is 0 Å². The molecule has 0 atom stereocenters. The quantitative estimate of drug-likeness (QED) is 0.922. The molecule has 1 N–H and O–H groups in total. The second-order valence-corrected chi connectivity index (χ2v) is 5.86. The van der Waals surface area contributed by atoms with Crippen LogP contribution in [-0.4, -0.2) is 24.7 Å². The van der Waals surface area contributed by atoms with Crippen LogP contribution < -0.4 is 20.3 Å². The summed E-state index contributed by atoms with van der Waals surface area (Å²) in [6.07, 6.45) is 1.48. The zero-order chi connectivity index (χ0) is 17.3. The zero-order valence-electron chi connectivity index (χ0n) is 13.4. The van der Waals surface area contributed by atoms with E-state index in [-0.39, 0.29) is 17.2 Å². The number of amides is 1. The second-order valence-electron chi connectivity index (χ2n) is 5.43. The third kappa shape index (κ3) is 2.85. The SMILES string of the molecule is COc1ccc(Cl)cc1NC(=O)c1c(OC)cc(=O)n2c1CCC2. The van der Waals surface area contributed by atoms with Crippen molar-refractivity contribution in [3.8, 4) is 11.5 Å². The van der Waals surface area contributed by atoms with E-state index < -0.39 is 0 Å². The summed E-state index contributed by atoms with van der Waals surface area (Å²) in [4.78, 5) is 24.9. The van der Waals surface area contributed by atoms with Gasteiger partial charge in [-0.05, 0) is 31.0 Å². The van der Waals surface area contributed by atoms with Crippen molar-refractivity contribution in [1.29, 1.82) is 0 Å². The molecule has 2 heterocycles. The van der Waals surface area contributed by atoms with Crippen LogP contribution in [0.4, 0.5) is 5.69 Å². The van der Waals surface area contributed by atoms with Gasteiger partial charge in [0.2, 0.25) is 0 Å². The molecule has 126 valence electrons.